The molecule has 1 N–H and O–H groups in total. The smallest absolute Gasteiger partial charge is 0.240 e. The third-order valence-electron chi connectivity index (χ3n) is 4.94. The summed E-state index contributed by atoms with van der Waals surface area (Å²) in [6.45, 7) is 4.76. The molecule has 0 amide bonds. The predicted octanol–water partition coefficient (Wildman–Crippen LogP) is 2.98. The Labute approximate surface area is 176 Å². The third kappa shape index (κ3) is 5.82. The lowest BCUT2D eigenvalue weighted by atomic mass is 10.2. The first-order chi connectivity index (χ1) is 13.9. The molecule has 0 radical (unpaired) electrons. The van der Waals surface area contributed by atoms with Gasteiger partial charge in [0.25, 0.3) is 0 Å². The number of halogens is 2. The highest BCUT2D eigenvalue weighted by molar-refractivity contribution is 7.89. The molecule has 1 saturated heterocycles. The van der Waals surface area contributed by atoms with Gasteiger partial charge in [-0.15, -0.1) is 0 Å². The fourth-order valence-corrected chi connectivity index (χ4v) is 4.50. The number of hydrogen-bond acceptors (Lipinski definition) is 5. The highest BCUT2D eigenvalue weighted by Gasteiger charge is 2.18. The number of rotatable bonds is 8. The standard InChI is InChI=1S/C20H25ClFN3O3S/c1-28-20-8-7-18(15-19(20)22)29(26,27)23-9-2-10-24-11-13-25(14-12-24)17-5-3-16(21)4-6-17/h3-8,15,23H,2,9-14H2,1H3. The van der Waals surface area contributed by atoms with Crippen LogP contribution in [0.2, 0.25) is 5.02 Å². The van der Waals surface area contributed by atoms with Crippen LogP contribution in [0.1, 0.15) is 6.42 Å². The van der Waals surface area contributed by atoms with Crippen LogP contribution < -0.4 is 14.4 Å². The van der Waals surface area contributed by atoms with E-state index >= 15 is 0 Å². The molecule has 1 fully saturated rings. The molecule has 0 aliphatic carbocycles. The van der Waals surface area contributed by atoms with Crippen molar-refractivity contribution < 1.29 is 17.5 Å². The van der Waals surface area contributed by atoms with Gasteiger partial charge in [0.1, 0.15) is 0 Å². The molecule has 1 aliphatic rings. The molecular weight excluding hydrogens is 417 g/mol. The first-order valence-corrected chi connectivity index (χ1v) is 11.3. The van der Waals surface area contributed by atoms with Crippen LogP contribution in [0, 0.1) is 5.82 Å². The van der Waals surface area contributed by atoms with Gasteiger partial charge in [0.05, 0.1) is 12.0 Å². The zero-order valence-corrected chi connectivity index (χ0v) is 17.8. The Morgan fingerprint density at radius 1 is 1.10 bits per heavy atom. The molecule has 0 spiro atoms. The maximum absolute atomic E-state index is 13.8. The molecule has 29 heavy (non-hydrogen) atoms. The molecule has 0 bridgehead atoms. The van der Waals surface area contributed by atoms with Gasteiger partial charge in [-0.25, -0.2) is 17.5 Å². The predicted molar refractivity (Wildman–Crippen MR) is 113 cm³/mol. The van der Waals surface area contributed by atoms with Crippen LogP contribution in [-0.4, -0.2) is 59.7 Å². The molecule has 1 aliphatic heterocycles. The van der Waals surface area contributed by atoms with E-state index in [9.17, 15) is 12.8 Å². The molecule has 6 nitrogen and oxygen atoms in total. The fraction of sp³-hybridized carbons (Fsp3) is 0.400. The number of ether oxygens (including phenoxy) is 1. The lowest BCUT2D eigenvalue weighted by Crippen LogP contribution is -2.47. The van der Waals surface area contributed by atoms with Gasteiger partial charge in [0.2, 0.25) is 10.0 Å². The molecule has 0 unspecified atom stereocenters. The number of nitrogens with zero attached hydrogens (tertiary/aromatic N) is 2. The summed E-state index contributed by atoms with van der Waals surface area (Å²) in [5.74, 6) is -0.685. The van der Waals surface area contributed by atoms with Crippen LogP contribution in [0.5, 0.6) is 5.75 Å². The summed E-state index contributed by atoms with van der Waals surface area (Å²) in [6, 6.07) is 11.4. The van der Waals surface area contributed by atoms with E-state index in [-0.39, 0.29) is 10.6 Å². The molecule has 2 aromatic rings. The minimum Gasteiger partial charge on any atom is -0.494 e. The van der Waals surface area contributed by atoms with Gasteiger partial charge in [-0.05, 0) is 55.4 Å². The highest BCUT2D eigenvalue weighted by Crippen LogP contribution is 2.21. The van der Waals surface area contributed by atoms with Gasteiger partial charge in [-0.3, -0.25) is 4.90 Å². The summed E-state index contributed by atoms with van der Waals surface area (Å²) in [7, 11) is -2.41. The number of piperazine rings is 1. The minimum atomic E-state index is -3.74. The van der Waals surface area contributed by atoms with Crippen molar-refractivity contribution in [2.75, 3.05) is 51.3 Å². The molecule has 0 saturated carbocycles. The van der Waals surface area contributed by atoms with E-state index in [1.807, 2.05) is 24.3 Å². The van der Waals surface area contributed by atoms with Crippen LogP contribution in [0.15, 0.2) is 47.4 Å². The van der Waals surface area contributed by atoms with Crippen molar-refractivity contribution >= 4 is 27.3 Å². The van der Waals surface area contributed by atoms with Gasteiger partial charge in [0, 0.05) is 43.4 Å². The van der Waals surface area contributed by atoms with Crippen molar-refractivity contribution in [3.63, 3.8) is 0 Å². The lowest BCUT2D eigenvalue weighted by molar-refractivity contribution is 0.255. The summed E-state index contributed by atoms with van der Waals surface area (Å²) in [5, 5.41) is 0.729. The zero-order chi connectivity index (χ0) is 20.9. The summed E-state index contributed by atoms with van der Waals surface area (Å²) in [6.07, 6.45) is 0.679. The van der Waals surface area contributed by atoms with E-state index in [0.29, 0.717) is 13.0 Å². The molecule has 2 aromatic carbocycles. The monoisotopic (exact) mass is 441 g/mol. The van der Waals surface area contributed by atoms with Crippen LogP contribution in [-0.2, 0) is 10.0 Å². The van der Waals surface area contributed by atoms with E-state index in [2.05, 4.69) is 14.5 Å². The second-order valence-corrected chi connectivity index (χ2v) is 9.06. The summed E-state index contributed by atoms with van der Waals surface area (Å²) in [4.78, 5) is 4.52. The number of benzene rings is 2. The Morgan fingerprint density at radius 2 is 1.79 bits per heavy atom. The molecular formula is C20H25ClFN3O3S. The normalized spacial score (nSPS) is 15.5. The van der Waals surface area contributed by atoms with Crippen molar-refractivity contribution in [1.29, 1.82) is 0 Å². The van der Waals surface area contributed by atoms with Crippen molar-refractivity contribution in [3.8, 4) is 5.75 Å². The average Bonchev–Trinajstić information content (AvgIpc) is 2.72. The number of nitrogens with one attached hydrogen (secondary N) is 1. The Bertz CT molecular complexity index is 917. The van der Waals surface area contributed by atoms with Crippen molar-refractivity contribution in [1.82, 2.24) is 9.62 Å². The van der Waals surface area contributed by atoms with Gasteiger partial charge >= 0.3 is 0 Å². The second-order valence-electron chi connectivity index (χ2n) is 6.85. The van der Waals surface area contributed by atoms with Crippen molar-refractivity contribution in [3.05, 3.63) is 53.3 Å². The molecule has 1 heterocycles. The van der Waals surface area contributed by atoms with Crippen LogP contribution >= 0.6 is 11.6 Å². The van der Waals surface area contributed by atoms with Gasteiger partial charge in [-0.2, -0.15) is 0 Å². The zero-order valence-electron chi connectivity index (χ0n) is 16.3. The number of sulfonamides is 1. The SMILES string of the molecule is COc1ccc(S(=O)(=O)NCCCN2CCN(c3ccc(Cl)cc3)CC2)cc1F. The van der Waals surface area contributed by atoms with Crippen LogP contribution in [0.4, 0.5) is 10.1 Å². The largest absolute Gasteiger partial charge is 0.494 e. The Balaban J connectivity index is 1.41. The Hall–Kier alpha value is -1.87. The van der Waals surface area contributed by atoms with Crippen molar-refractivity contribution in [2.24, 2.45) is 0 Å². The molecule has 0 atom stereocenters. The minimum absolute atomic E-state index is 0.0155. The fourth-order valence-electron chi connectivity index (χ4n) is 3.29. The van der Waals surface area contributed by atoms with E-state index in [4.69, 9.17) is 16.3 Å². The maximum Gasteiger partial charge on any atom is 0.240 e. The third-order valence-corrected chi connectivity index (χ3v) is 6.65. The number of hydrogen-bond donors (Lipinski definition) is 1. The van der Waals surface area contributed by atoms with E-state index < -0.39 is 15.8 Å². The Morgan fingerprint density at radius 3 is 2.41 bits per heavy atom. The summed E-state index contributed by atoms with van der Waals surface area (Å²) >= 11 is 5.94. The second kappa shape index (κ2) is 9.75. The highest BCUT2D eigenvalue weighted by atomic mass is 35.5. The number of methoxy groups -OCH3 is 1. The van der Waals surface area contributed by atoms with Crippen LogP contribution in [0.3, 0.4) is 0 Å². The average molecular weight is 442 g/mol. The number of anilines is 1. The van der Waals surface area contributed by atoms with E-state index in [1.54, 1.807) is 0 Å². The molecule has 9 heteroatoms. The van der Waals surface area contributed by atoms with Gasteiger partial charge in [0.15, 0.2) is 11.6 Å². The van der Waals surface area contributed by atoms with E-state index in [1.165, 1.54) is 19.2 Å². The van der Waals surface area contributed by atoms with Gasteiger partial charge in [-0.1, -0.05) is 11.6 Å². The van der Waals surface area contributed by atoms with E-state index in [0.717, 1.165) is 49.5 Å². The first-order valence-electron chi connectivity index (χ1n) is 9.45. The van der Waals surface area contributed by atoms with Crippen LogP contribution in [0.25, 0.3) is 0 Å². The van der Waals surface area contributed by atoms with Crippen molar-refractivity contribution in [2.45, 2.75) is 11.3 Å². The Kier molecular flexibility index (Phi) is 7.34. The summed E-state index contributed by atoms with van der Waals surface area (Å²) in [5.41, 5.74) is 1.16. The lowest BCUT2D eigenvalue weighted by Gasteiger charge is -2.36. The first kappa shape index (κ1) is 21.8. The molecule has 3 rings (SSSR count). The maximum atomic E-state index is 13.8. The molecule has 158 valence electrons. The van der Waals surface area contributed by atoms with Gasteiger partial charge < -0.3 is 9.64 Å². The summed E-state index contributed by atoms with van der Waals surface area (Å²) < 4.78 is 45.7. The topological polar surface area (TPSA) is 61.9 Å². The quantitative estimate of drug-likeness (QED) is 0.638. The molecule has 0 aromatic heterocycles.